The van der Waals surface area contributed by atoms with Gasteiger partial charge >= 0.3 is 0 Å². The van der Waals surface area contributed by atoms with Gasteiger partial charge in [-0.2, -0.15) is 0 Å². The van der Waals surface area contributed by atoms with Crippen LogP contribution in [0.4, 0.5) is 0 Å². The molecular weight excluding hydrogens is 500 g/mol. The molecule has 2 aliphatic carbocycles. The number of aryl methyl sites for hydroxylation is 1. The van der Waals surface area contributed by atoms with Crippen LogP contribution < -0.4 is 0 Å². The summed E-state index contributed by atoms with van der Waals surface area (Å²) in [5.74, 6) is 2.35. The van der Waals surface area contributed by atoms with Crippen molar-refractivity contribution in [1.29, 1.82) is 0 Å². The van der Waals surface area contributed by atoms with Crippen molar-refractivity contribution in [1.82, 2.24) is 0 Å². The van der Waals surface area contributed by atoms with Crippen LogP contribution in [0, 0.1) is 6.92 Å². The van der Waals surface area contributed by atoms with Gasteiger partial charge in [-0.25, -0.2) is 0 Å². The maximum absolute atomic E-state index is 6.90. The molecule has 3 aromatic carbocycles. The molecule has 41 heavy (non-hydrogen) atoms. The van der Waals surface area contributed by atoms with E-state index >= 15 is 0 Å². The zero-order valence-electron chi connectivity index (χ0n) is 24.4. The zero-order chi connectivity index (χ0) is 28.5. The van der Waals surface area contributed by atoms with Gasteiger partial charge in [-0.3, -0.25) is 0 Å². The van der Waals surface area contributed by atoms with E-state index in [0.717, 1.165) is 82.4 Å². The highest BCUT2D eigenvalue weighted by Crippen LogP contribution is 2.45. The molecule has 2 aliphatic rings. The number of allylic oxidation sites excluding steroid dienone is 7. The van der Waals surface area contributed by atoms with Crippen LogP contribution in [-0.4, -0.2) is 7.11 Å². The minimum absolute atomic E-state index is 0.296. The Morgan fingerprint density at radius 3 is 2.56 bits per heavy atom. The van der Waals surface area contributed by atoms with Crippen molar-refractivity contribution in [2.75, 3.05) is 7.11 Å². The van der Waals surface area contributed by atoms with Crippen LogP contribution in [0.25, 0.3) is 33.7 Å². The molecule has 0 saturated heterocycles. The monoisotopic (exact) mass is 538 g/mol. The smallest absolute Gasteiger partial charge is 0.142 e. The standard InChI is InChI=1S/C39H38O2/c1-6-31-25(2)14-12-19-33(31)35-23-30(26(3)27(4)32-18-10-11-21-37(32)40-5)24-36-34-20-13-17-29(38(34)41-39(35)36)22-28-15-8-7-9-16-28/h7-10,12-16,18-20,23-24,29H,3-4,6,11,17,21-22H2,1-2,5H3. The molecule has 0 bridgehead atoms. The Morgan fingerprint density at radius 1 is 0.951 bits per heavy atom. The molecule has 4 aromatic rings. The summed E-state index contributed by atoms with van der Waals surface area (Å²) in [6.07, 6.45) is 13.6. The summed E-state index contributed by atoms with van der Waals surface area (Å²) in [5.41, 5.74) is 12.4. The molecule has 2 nitrogen and oxygen atoms in total. The van der Waals surface area contributed by atoms with Crippen LogP contribution in [0.5, 0.6) is 0 Å². The number of ether oxygens (including phenoxy) is 1. The fraction of sp³-hybridized carbons (Fsp3) is 0.231. The van der Waals surface area contributed by atoms with Gasteiger partial charge in [-0.15, -0.1) is 0 Å². The molecule has 0 amide bonds. The summed E-state index contributed by atoms with van der Waals surface area (Å²) in [7, 11) is 1.74. The Morgan fingerprint density at radius 2 is 1.78 bits per heavy atom. The molecule has 1 unspecified atom stereocenters. The Bertz CT molecular complexity index is 1740. The molecule has 2 heteroatoms. The summed E-state index contributed by atoms with van der Waals surface area (Å²) >= 11 is 0. The molecule has 6 rings (SSSR count). The van der Waals surface area contributed by atoms with Crippen LogP contribution in [0.3, 0.4) is 0 Å². The lowest BCUT2D eigenvalue weighted by Crippen LogP contribution is -2.05. The van der Waals surface area contributed by atoms with Gasteiger partial charge in [0.25, 0.3) is 0 Å². The quantitative estimate of drug-likeness (QED) is 0.208. The first kappa shape index (κ1) is 26.9. The molecule has 0 fully saturated rings. The summed E-state index contributed by atoms with van der Waals surface area (Å²) in [6, 6.07) is 21.8. The van der Waals surface area contributed by atoms with E-state index in [4.69, 9.17) is 9.15 Å². The molecule has 1 atom stereocenters. The van der Waals surface area contributed by atoms with Gasteiger partial charge in [0, 0.05) is 34.4 Å². The van der Waals surface area contributed by atoms with Crippen molar-refractivity contribution in [3.8, 4) is 11.1 Å². The average Bonchev–Trinajstić information content (AvgIpc) is 3.40. The van der Waals surface area contributed by atoms with Crippen molar-refractivity contribution in [2.45, 2.75) is 51.9 Å². The Balaban J connectivity index is 1.54. The Hall–Kier alpha value is -4.30. The lowest BCUT2D eigenvalue weighted by atomic mass is 9.85. The third kappa shape index (κ3) is 4.93. The van der Waals surface area contributed by atoms with E-state index < -0.39 is 0 Å². The second kappa shape index (κ2) is 11.3. The van der Waals surface area contributed by atoms with E-state index in [1.807, 2.05) is 0 Å². The van der Waals surface area contributed by atoms with Gasteiger partial charge in [0.1, 0.15) is 17.1 Å². The van der Waals surface area contributed by atoms with Gasteiger partial charge in [-0.05, 0) is 83.7 Å². The number of rotatable bonds is 8. The van der Waals surface area contributed by atoms with Gasteiger partial charge < -0.3 is 9.15 Å². The number of hydrogen-bond acceptors (Lipinski definition) is 2. The maximum atomic E-state index is 6.90. The first-order valence-electron chi connectivity index (χ1n) is 14.7. The fourth-order valence-corrected chi connectivity index (χ4v) is 6.50. The molecule has 1 heterocycles. The maximum Gasteiger partial charge on any atom is 0.142 e. The number of methoxy groups -OCH3 is 1. The summed E-state index contributed by atoms with van der Waals surface area (Å²) in [4.78, 5) is 0. The Labute approximate surface area is 244 Å². The highest BCUT2D eigenvalue weighted by atomic mass is 16.5. The molecule has 0 radical (unpaired) electrons. The lowest BCUT2D eigenvalue weighted by Gasteiger charge is -2.19. The van der Waals surface area contributed by atoms with Crippen LogP contribution in [0.2, 0.25) is 0 Å². The van der Waals surface area contributed by atoms with E-state index in [2.05, 4.69) is 112 Å². The number of furan rings is 1. The predicted octanol–water partition coefficient (Wildman–Crippen LogP) is 10.5. The molecule has 0 saturated carbocycles. The second-order valence-corrected chi connectivity index (χ2v) is 11.2. The predicted molar refractivity (Wildman–Crippen MR) is 173 cm³/mol. The van der Waals surface area contributed by atoms with Crippen molar-refractivity contribution >= 4 is 22.6 Å². The lowest BCUT2D eigenvalue weighted by molar-refractivity contribution is 0.273. The highest BCUT2D eigenvalue weighted by molar-refractivity contribution is 6.02. The second-order valence-electron chi connectivity index (χ2n) is 11.2. The number of benzene rings is 3. The van der Waals surface area contributed by atoms with Gasteiger partial charge in [0.05, 0.1) is 7.11 Å². The first-order chi connectivity index (χ1) is 20.0. The molecular formula is C39H38O2. The fourth-order valence-electron chi connectivity index (χ4n) is 6.50. The Kier molecular flexibility index (Phi) is 7.41. The van der Waals surface area contributed by atoms with Crippen molar-refractivity contribution < 1.29 is 9.15 Å². The molecule has 1 aromatic heterocycles. The minimum atomic E-state index is 0.296. The van der Waals surface area contributed by atoms with E-state index in [9.17, 15) is 0 Å². The third-order valence-corrected chi connectivity index (χ3v) is 8.72. The topological polar surface area (TPSA) is 22.4 Å². The van der Waals surface area contributed by atoms with Crippen molar-refractivity contribution in [3.63, 3.8) is 0 Å². The normalized spacial score (nSPS) is 16.2. The summed E-state index contributed by atoms with van der Waals surface area (Å²) in [5, 5.41) is 1.14. The van der Waals surface area contributed by atoms with E-state index in [-0.39, 0.29) is 0 Å². The number of hydrogen-bond donors (Lipinski definition) is 0. The van der Waals surface area contributed by atoms with Crippen molar-refractivity contribution in [3.05, 3.63) is 143 Å². The van der Waals surface area contributed by atoms with Crippen LogP contribution in [0.15, 0.2) is 113 Å². The van der Waals surface area contributed by atoms with Gasteiger partial charge in [0.15, 0.2) is 0 Å². The molecule has 0 aliphatic heterocycles. The van der Waals surface area contributed by atoms with Crippen LogP contribution >= 0.6 is 0 Å². The number of fused-ring (bicyclic) bond motifs is 3. The molecule has 0 N–H and O–H groups in total. The van der Waals surface area contributed by atoms with Crippen LogP contribution in [-0.2, 0) is 17.6 Å². The van der Waals surface area contributed by atoms with E-state index in [0.29, 0.717) is 5.92 Å². The first-order valence-corrected chi connectivity index (χ1v) is 14.7. The SMILES string of the molecule is C=C(C(=C)c1cc(-c2cccc(C)c2CC)c2oc3c(c2c1)C=CCC3Cc1ccccc1)C1=C(OC)CCC=C1. The summed E-state index contributed by atoms with van der Waals surface area (Å²) in [6.45, 7) is 13.5. The van der Waals surface area contributed by atoms with E-state index in [1.165, 1.54) is 27.8 Å². The third-order valence-electron chi connectivity index (χ3n) is 8.72. The molecule has 206 valence electrons. The largest absolute Gasteiger partial charge is 0.500 e. The van der Waals surface area contributed by atoms with Crippen LogP contribution in [0.1, 0.15) is 65.7 Å². The minimum Gasteiger partial charge on any atom is -0.500 e. The van der Waals surface area contributed by atoms with Gasteiger partial charge in [-0.1, -0.05) is 92.9 Å². The zero-order valence-corrected chi connectivity index (χ0v) is 24.4. The van der Waals surface area contributed by atoms with Crippen molar-refractivity contribution in [2.24, 2.45) is 0 Å². The van der Waals surface area contributed by atoms with E-state index in [1.54, 1.807) is 7.11 Å². The molecule has 0 spiro atoms. The highest BCUT2D eigenvalue weighted by Gasteiger charge is 2.27. The average molecular weight is 539 g/mol. The van der Waals surface area contributed by atoms with Gasteiger partial charge in [0.2, 0.25) is 0 Å². The summed E-state index contributed by atoms with van der Waals surface area (Å²) < 4.78 is 12.6.